The smallest absolute Gasteiger partial charge is 0.300 e. The number of carbonyl (C=O) groups excluding carboxylic acids is 2. The Hall–Kier alpha value is -3.97. The van der Waals surface area contributed by atoms with Crippen molar-refractivity contribution < 1.29 is 19.6 Å². The normalized spacial score (nSPS) is 17.6. The van der Waals surface area contributed by atoms with Gasteiger partial charge in [0.1, 0.15) is 5.76 Å². The highest BCUT2D eigenvalue weighted by Gasteiger charge is 2.47. The first-order chi connectivity index (χ1) is 15.3. The third kappa shape index (κ3) is 3.74. The summed E-state index contributed by atoms with van der Waals surface area (Å²) in [5.74, 6) is -1.99. The second-order valence-corrected chi connectivity index (χ2v) is 7.80. The zero-order valence-electron chi connectivity index (χ0n) is 16.9. The highest BCUT2D eigenvalue weighted by molar-refractivity contribution is 6.51. The molecule has 0 radical (unpaired) electrons. The van der Waals surface area contributed by atoms with Crippen LogP contribution in [-0.4, -0.2) is 21.7 Å². The fourth-order valence-corrected chi connectivity index (χ4v) is 3.79. The van der Waals surface area contributed by atoms with Crippen LogP contribution in [0, 0.1) is 17.0 Å². The molecule has 0 aliphatic carbocycles. The first-order valence-electron chi connectivity index (χ1n) is 9.66. The van der Waals surface area contributed by atoms with E-state index in [0.717, 1.165) is 5.56 Å². The number of ketones is 1. The van der Waals surface area contributed by atoms with Crippen LogP contribution in [0.3, 0.4) is 0 Å². The number of aryl methyl sites for hydroxylation is 1. The maximum atomic E-state index is 13.1. The highest BCUT2D eigenvalue weighted by Crippen LogP contribution is 2.42. The average Bonchev–Trinajstić information content (AvgIpc) is 3.05. The molecule has 0 spiro atoms. The minimum Gasteiger partial charge on any atom is -0.507 e. The molecule has 0 saturated carbocycles. The number of hydrogen-bond acceptors (Lipinski definition) is 5. The van der Waals surface area contributed by atoms with Gasteiger partial charge in [0.25, 0.3) is 17.4 Å². The molecular formula is C24H17ClN2O5. The first-order valence-corrected chi connectivity index (χ1v) is 10.0. The molecule has 1 atom stereocenters. The number of hydrogen-bond donors (Lipinski definition) is 1. The maximum absolute atomic E-state index is 13.1. The van der Waals surface area contributed by atoms with Crippen LogP contribution in [0.2, 0.25) is 5.02 Å². The Morgan fingerprint density at radius 2 is 1.56 bits per heavy atom. The molecule has 160 valence electrons. The van der Waals surface area contributed by atoms with Crippen LogP contribution in [0.4, 0.5) is 11.4 Å². The molecule has 4 rings (SSSR count). The summed E-state index contributed by atoms with van der Waals surface area (Å²) in [5.41, 5.74) is 1.98. The lowest BCUT2D eigenvalue weighted by atomic mass is 9.95. The van der Waals surface area contributed by atoms with Crippen LogP contribution in [0.25, 0.3) is 5.76 Å². The number of aliphatic hydroxyl groups is 1. The first kappa shape index (κ1) is 21.3. The Morgan fingerprint density at radius 3 is 2.12 bits per heavy atom. The van der Waals surface area contributed by atoms with Gasteiger partial charge in [-0.25, -0.2) is 0 Å². The van der Waals surface area contributed by atoms with Gasteiger partial charge in [0.2, 0.25) is 0 Å². The van der Waals surface area contributed by atoms with Gasteiger partial charge in [0.05, 0.1) is 16.5 Å². The van der Waals surface area contributed by atoms with E-state index in [1.54, 1.807) is 48.5 Å². The number of benzene rings is 3. The summed E-state index contributed by atoms with van der Waals surface area (Å²) in [4.78, 5) is 37.9. The fraction of sp³-hybridized carbons (Fsp3) is 0.0833. The number of halogens is 1. The lowest BCUT2D eigenvalue weighted by molar-refractivity contribution is -0.384. The topological polar surface area (TPSA) is 101 Å². The van der Waals surface area contributed by atoms with Gasteiger partial charge in [0, 0.05) is 28.4 Å². The molecule has 7 nitrogen and oxygen atoms in total. The van der Waals surface area contributed by atoms with Crippen LogP contribution < -0.4 is 4.90 Å². The number of amides is 1. The van der Waals surface area contributed by atoms with Crippen molar-refractivity contribution in [2.45, 2.75) is 13.0 Å². The number of nitrogens with zero attached hydrogens (tertiary/aromatic N) is 2. The quantitative estimate of drug-likeness (QED) is 0.195. The number of carbonyl (C=O) groups is 2. The average molecular weight is 449 g/mol. The molecule has 1 fully saturated rings. The van der Waals surface area contributed by atoms with Crippen LogP contribution in [0.1, 0.15) is 22.7 Å². The van der Waals surface area contributed by atoms with Gasteiger partial charge in [-0.15, -0.1) is 0 Å². The number of rotatable bonds is 4. The van der Waals surface area contributed by atoms with E-state index >= 15 is 0 Å². The van der Waals surface area contributed by atoms with Crippen molar-refractivity contribution in [1.82, 2.24) is 0 Å². The van der Waals surface area contributed by atoms with E-state index in [1.807, 2.05) is 6.92 Å². The van der Waals surface area contributed by atoms with Crippen molar-refractivity contribution in [3.63, 3.8) is 0 Å². The van der Waals surface area contributed by atoms with Gasteiger partial charge in [-0.3, -0.25) is 24.6 Å². The van der Waals surface area contributed by atoms with Gasteiger partial charge < -0.3 is 5.11 Å². The van der Waals surface area contributed by atoms with Gasteiger partial charge in [0.15, 0.2) is 0 Å². The Bertz CT molecular complexity index is 1250. The van der Waals surface area contributed by atoms with Crippen LogP contribution in [-0.2, 0) is 9.59 Å². The summed E-state index contributed by atoms with van der Waals surface area (Å²) in [7, 11) is 0. The predicted octanol–water partition coefficient (Wildman–Crippen LogP) is 5.18. The zero-order valence-corrected chi connectivity index (χ0v) is 17.6. The van der Waals surface area contributed by atoms with Crippen molar-refractivity contribution in [2.75, 3.05) is 4.90 Å². The summed E-state index contributed by atoms with van der Waals surface area (Å²) in [5, 5.41) is 22.5. The lowest BCUT2D eigenvalue weighted by Gasteiger charge is -2.25. The monoisotopic (exact) mass is 448 g/mol. The molecular weight excluding hydrogens is 432 g/mol. The number of Topliss-reactive ketones (excluding diaryl/α,β-unsaturated/α-hetero) is 1. The fourth-order valence-electron chi connectivity index (χ4n) is 3.66. The molecule has 0 aromatic heterocycles. The van der Waals surface area contributed by atoms with Crippen molar-refractivity contribution in [2.24, 2.45) is 0 Å². The molecule has 1 heterocycles. The number of aliphatic hydroxyl groups excluding tert-OH is 1. The molecule has 1 saturated heterocycles. The molecule has 1 aliphatic rings. The third-order valence-electron chi connectivity index (χ3n) is 5.29. The Labute approximate surface area is 188 Å². The highest BCUT2D eigenvalue weighted by atomic mass is 35.5. The number of nitro groups is 1. The van der Waals surface area contributed by atoms with Crippen LogP contribution in [0.5, 0.6) is 0 Å². The summed E-state index contributed by atoms with van der Waals surface area (Å²) in [6.07, 6.45) is 0. The largest absolute Gasteiger partial charge is 0.507 e. The van der Waals surface area contributed by atoms with E-state index < -0.39 is 22.7 Å². The van der Waals surface area contributed by atoms with E-state index in [0.29, 0.717) is 21.8 Å². The molecule has 3 aromatic carbocycles. The standard InChI is InChI=1S/C24H17ClN2O5/c1-14-2-10-18(11-3-14)26-21(15-6-12-19(13-7-15)27(31)32)20(23(29)24(26)30)22(28)16-4-8-17(25)9-5-16/h2-13,21,28H,1H3/t21-/m0/s1. The third-order valence-corrected chi connectivity index (χ3v) is 5.55. The molecule has 3 aromatic rings. The predicted molar refractivity (Wildman–Crippen MR) is 121 cm³/mol. The van der Waals surface area contributed by atoms with Crippen molar-refractivity contribution in [3.8, 4) is 0 Å². The van der Waals surface area contributed by atoms with E-state index in [9.17, 15) is 24.8 Å². The molecule has 8 heteroatoms. The second-order valence-electron chi connectivity index (χ2n) is 7.36. The number of nitro benzene ring substituents is 1. The number of anilines is 1. The molecule has 1 aliphatic heterocycles. The lowest BCUT2D eigenvalue weighted by Crippen LogP contribution is -2.29. The van der Waals surface area contributed by atoms with E-state index in [-0.39, 0.29) is 17.0 Å². The molecule has 32 heavy (non-hydrogen) atoms. The summed E-state index contributed by atoms with van der Waals surface area (Å²) >= 11 is 5.93. The minimum absolute atomic E-state index is 0.105. The van der Waals surface area contributed by atoms with Gasteiger partial charge in [-0.1, -0.05) is 29.3 Å². The molecule has 0 bridgehead atoms. The Kier molecular flexibility index (Phi) is 5.50. The van der Waals surface area contributed by atoms with Crippen LogP contribution in [0.15, 0.2) is 78.4 Å². The summed E-state index contributed by atoms with van der Waals surface area (Å²) in [6, 6.07) is 17.8. The van der Waals surface area contributed by atoms with Crippen molar-refractivity contribution in [3.05, 3.63) is 110 Å². The van der Waals surface area contributed by atoms with Crippen LogP contribution >= 0.6 is 11.6 Å². The van der Waals surface area contributed by atoms with Gasteiger partial charge >= 0.3 is 0 Å². The second kappa shape index (κ2) is 8.28. The Morgan fingerprint density at radius 1 is 0.969 bits per heavy atom. The van der Waals surface area contributed by atoms with E-state index in [2.05, 4.69) is 0 Å². The van der Waals surface area contributed by atoms with E-state index in [1.165, 1.54) is 29.2 Å². The molecule has 0 unspecified atom stereocenters. The molecule has 1 amide bonds. The zero-order chi connectivity index (χ0) is 23.0. The van der Waals surface area contributed by atoms with Gasteiger partial charge in [-0.05, 0) is 61.0 Å². The summed E-state index contributed by atoms with van der Waals surface area (Å²) < 4.78 is 0. The minimum atomic E-state index is -0.964. The van der Waals surface area contributed by atoms with E-state index in [4.69, 9.17) is 11.6 Å². The van der Waals surface area contributed by atoms with Crippen molar-refractivity contribution >= 4 is 40.4 Å². The van der Waals surface area contributed by atoms with Crippen molar-refractivity contribution in [1.29, 1.82) is 0 Å². The SMILES string of the molecule is Cc1ccc(N2C(=O)C(=O)C(=C(O)c3ccc(Cl)cc3)[C@@H]2c2ccc([N+](=O)[O-])cc2)cc1. The van der Waals surface area contributed by atoms with Gasteiger partial charge in [-0.2, -0.15) is 0 Å². The molecule has 1 N–H and O–H groups in total. The Balaban J connectivity index is 1.92. The summed E-state index contributed by atoms with van der Waals surface area (Å²) in [6.45, 7) is 1.90. The maximum Gasteiger partial charge on any atom is 0.300 e. The number of non-ortho nitro benzene ring substituents is 1.